The van der Waals surface area contributed by atoms with Gasteiger partial charge in [-0.3, -0.25) is 0 Å². The van der Waals surface area contributed by atoms with Gasteiger partial charge in [0.15, 0.2) is 0 Å². The third kappa shape index (κ3) is 5.30. The van der Waals surface area contributed by atoms with Gasteiger partial charge in [0.05, 0.1) is 38.6 Å². The Bertz CT molecular complexity index is 5160. The zero-order chi connectivity index (χ0) is 52.7. The molecule has 81 heavy (non-hydrogen) atoms. The Hall–Kier alpha value is -10.5. The van der Waals surface area contributed by atoms with Gasteiger partial charge in [-0.1, -0.05) is 212 Å². The lowest BCUT2D eigenvalue weighted by Crippen LogP contribution is -2.33. The maximum Gasteiger partial charge on any atom is 0.0755 e. The minimum Gasteiger partial charge on any atom is -0.310 e. The average Bonchev–Trinajstić information content (AvgIpc) is 2.19. The van der Waals surface area contributed by atoms with E-state index in [1.165, 1.54) is 138 Å². The monoisotopic (exact) mass is 1030 g/mol. The summed E-state index contributed by atoms with van der Waals surface area (Å²) in [4.78, 5) is 2.54. The van der Waals surface area contributed by atoms with Crippen molar-refractivity contribution in [3.63, 3.8) is 0 Å². The first kappa shape index (κ1) is 43.5. The quantitative estimate of drug-likeness (QED) is 0.171. The lowest BCUT2D eigenvalue weighted by molar-refractivity contribution is 0.748. The van der Waals surface area contributed by atoms with Crippen LogP contribution in [0.1, 0.15) is 44.5 Å². The topological polar surface area (TPSA) is 13.1 Å². The number of benzene rings is 13. The van der Waals surface area contributed by atoms with Crippen molar-refractivity contribution in [3.05, 3.63) is 330 Å². The largest absolute Gasteiger partial charge is 0.310 e. The van der Waals surface area contributed by atoms with E-state index in [-0.39, 0.29) is 0 Å². The molecule has 19 rings (SSSR count). The molecule has 374 valence electrons. The fourth-order valence-corrected chi connectivity index (χ4v) is 16.1. The Morgan fingerprint density at radius 2 is 0.704 bits per heavy atom. The number of rotatable bonds is 4. The average molecular weight is 1030 g/mol. The van der Waals surface area contributed by atoms with Gasteiger partial charge in [0.1, 0.15) is 0 Å². The molecule has 1 aliphatic heterocycles. The Morgan fingerprint density at radius 1 is 0.259 bits per heavy atom. The van der Waals surface area contributed by atoms with E-state index in [2.05, 4.69) is 299 Å². The molecule has 13 aromatic carbocycles. The van der Waals surface area contributed by atoms with Crippen molar-refractivity contribution >= 4 is 71.4 Å². The molecule has 0 amide bonds. The SMILES string of the molecule is c1ccc2c(c1)-c1ccccc1C21c2cc(N(c3ccc(-n4c5ccccc5c5ccccc54)cc3)c3ccc4c(c3)C3(c5ccccc5-4)c4ccccc4-n4c5ccccc5c5cccc3c54)ccc2-c2c1ccc1ccccc21. The lowest BCUT2D eigenvalue weighted by Gasteiger charge is -2.40. The van der Waals surface area contributed by atoms with Gasteiger partial charge in [-0.2, -0.15) is 0 Å². The molecule has 0 radical (unpaired) electrons. The number of hydrogen-bond donors (Lipinski definition) is 0. The van der Waals surface area contributed by atoms with Crippen LogP contribution in [0.25, 0.3) is 99.1 Å². The van der Waals surface area contributed by atoms with Crippen molar-refractivity contribution in [2.75, 3.05) is 4.90 Å². The van der Waals surface area contributed by atoms with Gasteiger partial charge in [0.2, 0.25) is 0 Å². The maximum atomic E-state index is 2.55. The lowest BCUT2D eigenvalue weighted by atomic mass is 9.65. The van der Waals surface area contributed by atoms with E-state index >= 15 is 0 Å². The minimum atomic E-state index is -0.615. The highest BCUT2D eigenvalue weighted by Crippen LogP contribution is 2.66. The molecular weight excluding hydrogens is 979 g/mol. The molecule has 0 saturated carbocycles. The molecule has 3 aliphatic carbocycles. The molecule has 1 unspecified atom stereocenters. The second kappa shape index (κ2) is 15.6. The van der Waals surface area contributed by atoms with Gasteiger partial charge < -0.3 is 14.0 Å². The molecular formula is C78H47N3. The first-order valence-corrected chi connectivity index (χ1v) is 28.3. The summed E-state index contributed by atoms with van der Waals surface area (Å²) in [6.45, 7) is 0. The van der Waals surface area contributed by atoms with Gasteiger partial charge in [0, 0.05) is 44.3 Å². The van der Waals surface area contributed by atoms with Crippen LogP contribution in [-0.2, 0) is 10.8 Å². The summed E-state index contributed by atoms with van der Waals surface area (Å²) in [7, 11) is 0. The van der Waals surface area contributed by atoms with Crippen molar-refractivity contribution in [1.82, 2.24) is 9.13 Å². The Labute approximate surface area is 468 Å². The van der Waals surface area contributed by atoms with Crippen LogP contribution in [0.2, 0.25) is 0 Å². The van der Waals surface area contributed by atoms with E-state index in [0.717, 1.165) is 22.7 Å². The summed E-state index contributed by atoms with van der Waals surface area (Å²) in [5.41, 5.74) is 27.6. The van der Waals surface area contributed by atoms with Gasteiger partial charge in [-0.05, 0) is 161 Å². The second-order valence-electron chi connectivity index (χ2n) is 22.6. The fraction of sp³-hybridized carbons (Fsp3) is 0.0256. The molecule has 15 aromatic rings. The van der Waals surface area contributed by atoms with Crippen LogP contribution >= 0.6 is 0 Å². The van der Waals surface area contributed by atoms with Crippen LogP contribution in [0.5, 0.6) is 0 Å². The molecule has 2 aromatic heterocycles. The standard InChI is InChI=1S/C78H47N3/c1-2-19-53-48(18-1)36-45-67-75(53)62-44-42-52(47-70(62)77(67)63-27-9-3-20-54(63)55-21-4-10-28-64(55)77)79(49-37-39-50(40-38-49)80-71-32-13-6-23-58(71)59-24-7-14-33-72(59)80)51-41-43-57-56-22-5-11-29-65(56)78(69(57)46-51)66-30-12-16-35-74(66)81-73-34-15-8-25-60(73)61-26-17-31-68(78)76(61)81/h1-47H. The van der Waals surface area contributed by atoms with Crippen molar-refractivity contribution in [2.24, 2.45) is 0 Å². The zero-order valence-electron chi connectivity index (χ0n) is 44.0. The summed E-state index contributed by atoms with van der Waals surface area (Å²) in [5.74, 6) is 0. The first-order chi connectivity index (χ1) is 40.2. The molecule has 0 saturated heterocycles. The molecule has 3 heteroatoms. The van der Waals surface area contributed by atoms with E-state index < -0.39 is 10.8 Å². The van der Waals surface area contributed by atoms with Crippen molar-refractivity contribution in [1.29, 1.82) is 0 Å². The smallest absolute Gasteiger partial charge is 0.0755 e. The van der Waals surface area contributed by atoms with Crippen LogP contribution in [0.3, 0.4) is 0 Å². The molecule has 1 atom stereocenters. The third-order valence-corrected chi connectivity index (χ3v) is 19.1. The third-order valence-electron chi connectivity index (χ3n) is 19.1. The zero-order valence-corrected chi connectivity index (χ0v) is 44.0. The van der Waals surface area contributed by atoms with Gasteiger partial charge in [-0.25, -0.2) is 0 Å². The van der Waals surface area contributed by atoms with Gasteiger partial charge >= 0.3 is 0 Å². The Morgan fingerprint density at radius 3 is 1.35 bits per heavy atom. The summed E-state index contributed by atoms with van der Waals surface area (Å²) in [6.07, 6.45) is 0. The number of hydrogen-bond acceptors (Lipinski definition) is 1. The van der Waals surface area contributed by atoms with Crippen molar-refractivity contribution in [2.45, 2.75) is 10.8 Å². The predicted octanol–water partition coefficient (Wildman–Crippen LogP) is 19.5. The number of nitrogens with zero attached hydrogens (tertiary/aromatic N) is 3. The van der Waals surface area contributed by atoms with E-state index in [1.54, 1.807) is 0 Å². The molecule has 2 spiro atoms. The summed E-state index contributed by atoms with van der Waals surface area (Å²) in [6, 6.07) is 108. The van der Waals surface area contributed by atoms with Crippen LogP contribution < -0.4 is 4.90 Å². The number of anilines is 3. The summed E-state index contributed by atoms with van der Waals surface area (Å²) < 4.78 is 4.96. The number of fused-ring (bicyclic) bond motifs is 27. The molecule has 0 bridgehead atoms. The van der Waals surface area contributed by atoms with Gasteiger partial charge in [0.25, 0.3) is 0 Å². The van der Waals surface area contributed by atoms with E-state index in [4.69, 9.17) is 0 Å². The van der Waals surface area contributed by atoms with E-state index in [0.29, 0.717) is 0 Å². The van der Waals surface area contributed by atoms with Crippen LogP contribution in [0, 0.1) is 0 Å². The normalized spacial score (nSPS) is 15.3. The first-order valence-electron chi connectivity index (χ1n) is 28.3. The maximum absolute atomic E-state index is 2.55. The van der Waals surface area contributed by atoms with Crippen molar-refractivity contribution in [3.8, 4) is 44.8 Å². The molecule has 4 aliphatic rings. The Kier molecular flexibility index (Phi) is 8.39. The summed E-state index contributed by atoms with van der Waals surface area (Å²) >= 11 is 0. The summed E-state index contributed by atoms with van der Waals surface area (Å²) in [5, 5.41) is 7.59. The second-order valence-corrected chi connectivity index (χ2v) is 22.6. The van der Waals surface area contributed by atoms with Gasteiger partial charge in [-0.15, -0.1) is 0 Å². The van der Waals surface area contributed by atoms with Crippen LogP contribution in [0.4, 0.5) is 17.1 Å². The van der Waals surface area contributed by atoms with Crippen LogP contribution in [0.15, 0.2) is 285 Å². The molecule has 3 heterocycles. The highest BCUT2D eigenvalue weighted by atomic mass is 15.1. The van der Waals surface area contributed by atoms with Crippen LogP contribution in [-0.4, -0.2) is 9.13 Å². The highest BCUT2D eigenvalue weighted by molar-refractivity contribution is 6.14. The van der Waals surface area contributed by atoms with E-state index in [9.17, 15) is 0 Å². The molecule has 0 N–H and O–H groups in total. The highest BCUT2D eigenvalue weighted by Gasteiger charge is 2.53. The van der Waals surface area contributed by atoms with E-state index in [1.807, 2.05) is 0 Å². The predicted molar refractivity (Wildman–Crippen MR) is 334 cm³/mol. The Balaban J connectivity index is 0.896. The number of aromatic nitrogens is 2. The molecule has 3 nitrogen and oxygen atoms in total. The number of para-hydroxylation sites is 5. The fourth-order valence-electron chi connectivity index (χ4n) is 16.1. The minimum absolute atomic E-state index is 0.545. The molecule has 0 fully saturated rings. The van der Waals surface area contributed by atoms with Crippen molar-refractivity contribution < 1.29 is 0 Å².